The predicted octanol–water partition coefficient (Wildman–Crippen LogP) is 8.47. The van der Waals surface area contributed by atoms with E-state index >= 15 is 0 Å². The number of hydrogen-bond acceptors (Lipinski definition) is 3. The predicted molar refractivity (Wildman–Crippen MR) is 133 cm³/mol. The van der Waals surface area contributed by atoms with E-state index in [0.29, 0.717) is 5.92 Å². The molecule has 1 heterocycles. The van der Waals surface area contributed by atoms with Crippen LogP contribution in [-0.2, 0) is 9.47 Å². The highest BCUT2D eigenvalue weighted by Crippen LogP contribution is 2.36. The molecule has 1 aromatic rings. The second kappa shape index (κ2) is 15.0. The molecule has 1 saturated carbocycles. The molecule has 1 aliphatic heterocycles. The van der Waals surface area contributed by atoms with Crippen molar-refractivity contribution in [3.05, 3.63) is 29.8 Å². The molecule has 0 N–H and O–H groups in total. The monoisotopic (exact) mass is 444 g/mol. The maximum atomic E-state index is 6.06. The van der Waals surface area contributed by atoms with E-state index in [-0.39, 0.29) is 6.29 Å². The average molecular weight is 445 g/mol. The summed E-state index contributed by atoms with van der Waals surface area (Å²) >= 11 is 0. The molecule has 182 valence electrons. The molecule has 2 fully saturated rings. The van der Waals surface area contributed by atoms with E-state index in [1.165, 1.54) is 89.9 Å². The minimum absolute atomic E-state index is 0.220. The van der Waals surface area contributed by atoms with Crippen molar-refractivity contribution in [1.29, 1.82) is 0 Å². The van der Waals surface area contributed by atoms with Crippen LogP contribution in [-0.4, -0.2) is 19.8 Å². The third kappa shape index (κ3) is 8.71. The molecule has 2 aliphatic rings. The first-order valence-electron chi connectivity index (χ1n) is 13.8. The van der Waals surface area contributed by atoms with E-state index in [2.05, 4.69) is 38.1 Å². The van der Waals surface area contributed by atoms with Crippen LogP contribution in [0.1, 0.15) is 116 Å². The Morgan fingerprint density at radius 1 is 0.750 bits per heavy atom. The number of rotatable bonds is 14. The Bertz CT molecular complexity index is 591. The van der Waals surface area contributed by atoms with Crippen LogP contribution < -0.4 is 4.74 Å². The summed E-state index contributed by atoms with van der Waals surface area (Å²) < 4.78 is 18.1. The van der Waals surface area contributed by atoms with E-state index in [1.807, 2.05) is 0 Å². The van der Waals surface area contributed by atoms with Crippen LogP contribution in [0, 0.1) is 17.8 Å². The van der Waals surface area contributed by atoms with Crippen molar-refractivity contribution in [3.8, 4) is 5.75 Å². The lowest BCUT2D eigenvalue weighted by atomic mass is 9.74. The molecular formula is C29H48O3. The Labute approximate surface area is 197 Å². The lowest BCUT2D eigenvalue weighted by Crippen LogP contribution is -2.27. The van der Waals surface area contributed by atoms with Crippen LogP contribution in [0.4, 0.5) is 0 Å². The molecule has 1 aliphatic carbocycles. The fourth-order valence-corrected chi connectivity index (χ4v) is 5.54. The van der Waals surface area contributed by atoms with Crippen LogP contribution in [0.5, 0.6) is 5.75 Å². The van der Waals surface area contributed by atoms with Crippen molar-refractivity contribution < 1.29 is 14.2 Å². The highest BCUT2D eigenvalue weighted by molar-refractivity contribution is 5.28. The first-order valence-corrected chi connectivity index (χ1v) is 13.8. The van der Waals surface area contributed by atoms with Crippen LogP contribution in [0.2, 0.25) is 0 Å². The number of benzene rings is 1. The largest absolute Gasteiger partial charge is 0.494 e. The maximum Gasteiger partial charge on any atom is 0.183 e. The molecule has 0 aromatic heterocycles. The molecule has 0 spiro atoms. The molecule has 3 nitrogen and oxygen atoms in total. The van der Waals surface area contributed by atoms with Crippen molar-refractivity contribution in [2.45, 2.75) is 110 Å². The van der Waals surface area contributed by atoms with Crippen molar-refractivity contribution >= 4 is 0 Å². The fourth-order valence-electron chi connectivity index (χ4n) is 5.54. The summed E-state index contributed by atoms with van der Waals surface area (Å²) in [5, 5.41) is 0. The molecule has 2 unspecified atom stereocenters. The smallest absolute Gasteiger partial charge is 0.183 e. The lowest BCUT2D eigenvalue weighted by Gasteiger charge is -2.31. The second-order valence-electron chi connectivity index (χ2n) is 10.2. The first-order chi connectivity index (χ1) is 15.8. The standard InChI is InChI=1S/C29H48O3/c1-3-5-7-12-24-22-31-29(32-23-24)27-17-19-28(20-18-27)30-21-11-16-26-15-10-9-14-25(26)13-8-6-4-2/h17-20,24-26,29H,3-16,21-23H2,1-2H3. The summed E-state index contributed by atoms with van der Waals surface area (Å²) in [7, 11) is 0. The van der Waals surface area contributed by atoms with Gasteiger partial charge in [-0.3, -0.25) is 0 Å². The quantitative estimate of drug-likeness (QED) is 0.269. The summed E-state index contributed by atoms with van der Waals surface area (Å²) in [6.07, 6.45) is 18.7. The SMILES string of the molecule is CCCCCC1COC(c2ccc(OCCCC3CCCCC3CCCCC)cc2)OC1. The number of ether oxygens (including phenoxy) is 3. The third-order valence-corrected chi connectivity index (χ3v) is 7.57. The molecular weight excluding hydrogens is 396 g/mol. The molecule has 2 atom stereocenters. The van der Waals surface area contributed by atoms with Gasteiger partial charge in [0.15, 0.2) is 6.29 Å². The minimum atomic E-state index is -0.220. The number of hydrogen-bond donors (Lipinski definition) is 0. The van der Waals surface area contributed by atoms with Gasteiger partial charge < -0.3 is 14.2 Å². The summed E-state index contributed by atoms with van der Waals surface area (Å²) in [5.74, 6) is 3.41. The maximum absolute atomic E-state index is 6.06. The fraction of sp³-hybridized carbons (Fsp3) is 0.793. The molecule has 3 heteroatoms. The van der Waals surface area contributed by atoms with Crippen molar-refractivity contribution in [3.63, 3.8) is 0 Å². The van der Waals surface area contributed by atoms with Gasteiger partial charge in [-0.15, -0.1) is 0 Å². The van der Waals surface area contributed by atoms with Gasteiger partial charge in [-0.25, -0.2) is 0 Å². The molecule has 3 rings (SSSR count). The Morgan fingerprint density at radius 3 is 1.97 bits per heavy atom. The second-order valence-corrected chi connectivity index (χ2v) is 10.2. The van der Waals surface area contributed by atoms with Crippen LogP contribution in [0.3, 0.4) is 0 Å². The van der Waals surface area contributed by atoms with Crippen LogP contribution >= 0.6 is 0 Å². The van der Waals surface area contributed by atoms with Crippen molar-refractivity contribution in [2.24, 2.45) is 17.8 Å². The van der Waals surface area contributed by atoms with Gasteiger partial charge in [0.1, 0.15) is 5.75 Å². The molecule has 1 saturated heterocycles. The molecule has 32 heavy (non-hydrogen) atoms. The van der Waals surface area contributed by atoms with Crippen LogP contribution in [0.15, 0.2) is 24.3 Å². The van der Waals surface area contributed by atoms with Crippen molar-refractivity contribution in [2.75, 3.05) is 19.8 Å². The first kappa shape index (κ1) is 25.6. The van der Waals surface area contributed by atoms with Gasteiger partial charge in [0.2, 0.25) is 0 Å². The zero-order valence-electron chi connectivity index (χ0n) is 20.9. The van der Waals surface area contributed by atoms with Gasteiger partial charge in [0, 0.05) is 11.5 Å². The molecule has 0 radical (unpaired) electrons. The normalized spacial score (nSPS) is 26.2. The summed E-state index contributed by atoms with van der Waals surface area (Å²) in [4.78, 5) is 0. The van der Waals surface area contributed by atoms with Gasteiger partial charge in [0.05, 0.1) is 19.8 Å². The molecule has 0 amide bonds. The zero-order valence-corrected chi connectivity index (χ0v) is 20.9. The zero-order chi connectivity index (χ0) is 22.4. The van der Waals surface area contributed by atoms with Gasteiger partial charge in [0.25, 0.3) is 0 Å². The lowest BCUT2D eigenvalue weighted by molar-refractivity contribution is -0.206. The topological polar surface area (TPSA) is 27.7 Å². The van der Waals surface area contributed by atoms with Gasteiger partial charge in [-0.1, -0.05) is 96.6 Å². The van der Waals surface area contributed by atoms with Gasteiger partial charge in [-0.05, 0) is 43.2 Å². The van der Waals surface area contributed by atoms with E-state index in [4.69, 9.17) is 14.2 Å². The molecule has 1 aromatic carbocycles. The molecule has 0 bridgehead atoms. The van der Waals surface area contributed by atoms with E-state index < -0.39 is 0 Å². The van der Waals surface area contributed by atoms with Gasteiger partial charge >= 0.3 is 0 Å². The number of unbranched alkanes of at least 4 members (excludes halogenated alkanes) is 4. The average Bonchev–Trinajstić information content (AvgIpc) is 2.84. The van der Waals surface area contributed by atoms with Gasteiger partial charge in [-0.2, -0.15) is 0 Å². The highest BCUT2D eigenvalue weighted by atomic mass is 16.7. The van der Waals surface area contributed by atoms with E-state index in [9.17, 15) is 0 Å². The Balaban J connectivity index is 1.33. The third-order valence-electron chi connectivity index (χ3n) is 7.57. The van der Waals surface area contributed by atoms with Crippen molar-refractivity contribution in [1.82, 2.24) is 0 Å². The summed E-state index contributed by atoms with van der Waals surface area (Å²) in [6, 6.07) is 8.34. The van der Waals surface area contributed by atoms with Crippen LogP contribution in [0.25, 0.3) is 0 Å². The Kier molecular flexibility index (Phi) is 12.0. The van der Waals surface area contributed by atoms with E-state index in [0.717, 1.165) is 43.0 Å². The minimum Gasteiger partial charge on any atom is -0.494 e. The Hall–Kier alpha value is -1.06. The summed E-state index contributed by atoms with van der Waals surface area (Å²) in [5.41, 5.74) is 1.10. The highest BCUT2D eigenvalue weighted by Gasteiger charge is 2.25. The Morgan fingerprint density at radius 2 is 1.34 bits per heavy atom. The summed E-state index contributed by atoms with van der Waals surface area (Å²) in [6.45, 7) is 7.01. The van der Waals surface area contributed by atoms with E-state index in [1.54, 1.807) is 0 Å².